The van der Waals surface area contributed by atoms with E-state index in [1.54, 1.807) is 0 Å². The highest BCUT2D eigenvalue weighted by molar-refractivity contribution is 6.70. The highest BCUT2D eigenvalue weighted by atomic mass is 28.4. The van der Waals surface area contributed by atoms with E-state index >= 15 is 0 Å². The van der Waals surface area contributed by atoms with Crippen molar-refractivity contribution in [1.29, 1.82) is 0 Å². The Kier molecular flexibility index (Phi) is 3.46. The molecule has 84 valence electrons. The molecule has 0 bridgehead atoms. The smallest absolute Gasteiger partial charge is 0.242 e. The lowest BCUT2D eigenvalue weighted by Crippen LogP contribution is -2.29. The Balaban J connectivity index is 3.04. The van der Waals surface area contributed by atoms with Crippen molar-refractivity contribution in [3.05, 3.63) is 29.3 Å². The van der Waals surface area contributed by atoms with E-state index in [1.807, 2.05) is 19.6 Å². The van der Waals surface area contributed by atoms with Gasteiger partial charge in [0, 0.05) is 24.2 Å². The van der Waals surface area contributed by atoms with Crippen LogP contribution in [-0.4, -0.2) is 8.32 Å². The SMILES string of the molecule is C[Si](C)(C)Oc1cc(F)c(CN)c(F)c1. The fraction of sp³-hybridized carbons (Fsp3) is 0.400. The van der Waals surface area contributed by atoms with Gasteiger partial charge in [-0.05, 0) is 19.6 Å². The van der Waals surface area contributed by atoms with Gasteiger partial charge in [-0.15, -0.1) is 0 Å². The van der Waals surface area contributed by atoms with Crippen LogP contribution in [0.3, 0.4) is 0 Å². The van der Waals surface area contributed by atoms with Crippen LogP contribution in [0.15, 0.2) is 12.1 Å². The van der Waals surface area contributed by atoms with Gasteiger partial charge >= 0.3 is 0 Å². The molecule has 0 spiro atoms. The fourth-order valence-electron chi connectivity index (χ4n) is 1.19. The van der Waals surface area contributed by atoms with Crippen LogP contribution in [0.5, 0.6) is 5.75 Å². The lowest BCUT2D eigenvalue weighted by molar-refractivity contribution is 0.514. The molecule has 0 fully saturated rings. The van der Waals surface area contributed by atoms with Crippen molar-refractivity contribution in [2.45, 2.75) is 26.2 Å². The molecular weight excluding hydrogens is 216 g/mol. The molecule has 15 heavy (non-hydrogen) atoms. The molecule has 0 saturated heterocycles. The summed E-state index contributed by atoms with van der Waals surface area (Å²) in [4.78, 5) is 0. The quantitative estimate of drug-likeness (QED) is 0.812. The molecule has 0 unspecified atom stereocenters. The topological polar surface area (TPSA) is 35.2 Å². The van der Waals surface area contributed by atoms with Gasteiger partial charge in [0.1, 0.15) is 17.4 Å². The molecule has 2 N–H and O–H groups in total. The van der Waals surface area contributed by atoms with Gasteiger partial charge in [-0.25, -0.2) is 8.78 Å². The Morgan fingerprint density at radius 1 is 1.20 bits per heavy atom. The Hall–Kier alpha value is -0.943. The zero-order chi connectivity index (χ0) is 11.6. The normalized spacial score (nSPS) is 11.6. The van der Waals surface area contributed by atoms with E-state index in [4.69, 9.17) is 10.2 Å². The second kappa shape index (κ2) is 4.28. The summed E-state index contributed by atoms with van der Waals surface area (Å²) < 4.78 is 32.1. The van der Waals surface area contributed by atoms with Crippen LogP contribution in [0.2, 0.25) is 19.6 Å². The first kappa shape index (κ1) is 12.1. The summed E-state index contributed by atoms with van der Waals surface area (Å²) in [5, 5.41) is 0. The van der Waals surface area contributed by atoms with Crippen LogP contribution in [0.25, 0.3) is 0 Å². The average molecular weight is 231 g/mol. The van der Waals surface area contributed by atoms with Crippen LogP contribution in [0, 0.1) is 11.6 Å². The second-order valence-electron chi connectivity index (χ2n) is 4.28. The van der Waals surface area contributed by atoms with E-state index in [9.17, 15) is 8.78 Å². The number of hydrogen-bond donors (Lipinski definition) is 1. The Labute approximate surface area is 89.2 Å². The number of rotatable bonds is 3. The highest BCUT2D eigenvalue weighted by Gasteiger charge is 2.18. The fourth-order valence-corrected chi connectivity index (χ4v) is 2.01. The zero-order valence-corrected chi connectivity index (χ0v) is 10.1. The van der Waals surface area contributed by atoms with Gasteiger partial charge in [-0.3, -0.25) is 0 Å². The van der Waals surface area contributed by atoms with Crippen molar-refractivity contribution < 1.29 is 13.2 Å². The van der Waals surface area contributed by atoms with Crippen molar-refractivity contribution in [3.63, 3.8) is 0 Å². The molecule has 5 heteroatoms. The molecule has 0 atom stereocenters. The molecular formula is C10H15F2NOSi. The second-order valence-corrected chi connectivity index (χ2v) is 8.71. The van der Waals surface area contributed by atoms with Gasteiger partial charge in [0.15, 0.2) is 0 Å². The molecule has 0 aliphatic carbocycles. The Morgan fingerprint density at radius 2 is 1.67 bits per heavy atom. The first-order valence-corrected chi connectivity index (χ1v) is 8.11. The van der Waals surface area contributed by atoms with Gasteiger partial charge in [-0.2, -0.15) is 0 Å². The van der Waals surface area contributed by atoms with E-state index in [0.717, 1.165) is 0 Å². The van der Waals surface area contributed by atoms with Crippen LogP contribution in [-0.2, 0) is 6.54 Å². The lowest BCUT2D eigenvalue weighted by Gasteiger charge is -2.19. The maximum absolute atomic E-state index is 13.3. The lowest BCUT2D eigenvalue weighted by atomic mass is 10.2. The summed E-state index contributed by atoms with van der Waals surface area (Å²) in [5.74, 6) is -1.06. The highest BCUT2D eigenvalue weighted by Crippen LogP contribution is 2.22. The molecule has 0 saturated carbocycles. The summed E-state index contributed by atoms with van der Waals surface area (Å²) in [6, 6.07) is 2.37. The summed E-state index contributed by atoms with van der Waals surface area (Å²) in [6.45, 7) is 5.68. The maximum atomic E-state index is 13.3. The zero-order valence-electron chi connectivity index (χ0n) is 9.10. The van der Waals surface area contributed by atoms with Crippen molar-refractivity contribution in [2.24, 2.45) is 5.73 Å². The molecule has 1 rings (SSSR count). The molecule has 2 nitrogen and oxygen atoms in total. The van der Waals surface area contributed by atoms with Gasteiger partial charge in [0.2, 0.25) is 8.32 Å². The molecule has 0 radical (unpaired) electrons. The molecule has 1 aromatic carbocycles. The largest absolute Gasteiger partial charge is 0.544 e. The molecule has 0 aliphatic rings. The Morgan fingerprint density at radius 3 is 2.00 bits per heavy atom. The van der Waals surface area contributed by atoms with Gasteiger partial charge < -0.3 is 10.2 Å². The summed E-state index contributed by atoms with van der Waals surface area (Å²) >= 11 is 0. The van der Waals surface area contributed by atoms with Crippen LogP contribution >= 0.6 is 0 Å². The van der Waals surface area contributed by atoms with Crippen LogP contribution in [0.4, 0.5) is 8.78 Å². The number of halogens is 2. The van der Waals surface area contributed by atoms with Gasteiger partial charge in [0.25, 0.3) is 0 Å². The third kappa shape index (κ3) is 3.28. The third-order valence-corrected chi connectivity index (χ3v) is 2.59. The minimum Gasteiger partial charge on any atom is -0.544 e. The summed E-state index contributed by atoms with van der Waals surface area (Å²) in [5.41, 5.74) is 5.12. The van der Waals surface area contributed by atoms with Crippen LogP contribution < -0.4 is 10.2 Å². The summed E-state index contributed by atoms with van der Waals surface area (Å²) in [6.07, 6.45) is 0. The average Bonchev–Trinajstić information content (AvgIpc) is 1.99. The van der Waals surface area contributed by atoms with Gasteiger partial charge in [-0.1, -0.05) is 0 Å². The van der Waals surface area contributed by atoms with E-state index in [1.165, 1.54) is 12.1 Å². The van der Waals surface area contributed by atoms with Gasteiger partial charge in [0.05, 0.1) is 0 Å². The van der Waals surface area contributed by atoms with E-state index in [0.29, 0.717) is 0 Å². The van der Waals surface area contributed by atoms with Crippen molar-refractivity contribution in [2.75, 3.05) is 0 Å². The monoisotopic (exact) mass is 231 g/mol. The minimum absolute atomic E-state index is 0.0991. The first-order valence-electron chi connectivity index (χ1n) is 4.70. The molecule has 0 aromatic heterocycles. The minimum atomic E-state index is -1.84. The molecule has 0 heterocycles. The molecule has 0 aliphatic heterocycles. The van der Waals surface area contributed by atoms with Crippen molar-refractivity contribution in [3.8, 4) is 5.75 Å². The van der Waals surface area contributed by atoms with Crippen molar-refractivity contribution in [1.82, 2.24) is 0 Å². The maximum Gasteiger partial charge on any atom is 0.242 e. The number of benzene rings is 1. The number of hydrogen-bond acceptors (Lipinski definition) is 2. The predicted molar refractivity (Wildman–Crippen MR) is 58.2 cm³/mol. The Bertz CT molecular complexity index is 340. The molecule has 1 aromatic rings. The molecule has 0 amide bonds. The van der Waals surface area contributed by atoms with Crippen molar-refractivity contribution >= 4 is 8.32 Å². The van der Waals surface area contributed by atoms with E-state index in [-0.39, 0.29) is 17.9 Å². The first-order chi connectivity index (χ1) is 6.83. The van der Waals surface area contributed by atoms with E-state index < -0.39 is 20.0 Å². The van der Waals surface area contributed by atoms with E-state index in [2.05, 4.69) is 0 Å². The standard InChI is InChI=1S/C10H15F2NOSi/c1-15(2,3)14-7-4-9(11)8(6-13)10(12)5-7/h4-5H,6,13H2,1-3H3. The summed E-state index contributed by atoms with van der Waals surface area (Å²) in [7, 11) is -1.84. The predicted octanol–water partition coefficient (Wildman–Crippen LogP) is 2.64. The third-order valence-electron chi connectivity index (χ3n) is 1.74. The number of nitrogens with two attached hydrogens (primary N) is 1. The van der Waals surface area contributed by atoms with Crippen LogP contribution in [0.1, 0.15) is 5.56 Å².